The van der Waals surface area contributed by atoms with Crippen LogP contribution in [0.15, 0.2) is 24.3 Å². The van der Waals surface area contributed by atoms with Crippen LogP contribution >= 0.6 is 0 Å². The Morgan fingerprint density at radius 3 is 2.61 bits per heavy atom. The number of hydrogen-bond donors (Lipinski definition) is 1. The number of fused-ring (bicyclic) bond motifs is 1. The highest BCUT2D eigenvalue weighted by atomic mass is 15.3. The first-order valence-electron chi connectivity index (χ1n) is 6.66. The van der Waals surface area contributed by atoms with Crippen molar-refractivity contribution in [2.45, 2.75) is 46.7 Å². The van der Waals surface area contributed by atoms with E-state index >= 15 is 0 Å². The van der Waals surface area contributed by atoms with Crippen LogP contribution in [0.4, 0.5) is 0 Å². The van der Waals surface area contributed by atoms with Gasteiger partial charge in [-0.2, -0.15) is 5.10 Å². The number of nitrogens with zero attached hydrogens (tertiary/aromatic N) is 2. The fraction of sp³-hybridized carbons (Fsp3) is 0.533. The van der Waals surface area contributed by atoms with Crippen LogP contribution in [0.1, 0.15) is 39.3 Å². The zero-order valence-electron chi connectivity index (χ0n) is 11.6. The molecule has 0 bridgehead atoms. The topological polar surface area (TPSA) is 43.8 Å². The molecule has 18 heavy (non-hydrogen) atoms. The molecule has 1 aromatic carbocycles. The fourth-order valence-corrected chi connectivity index (χ4v) is 2.28. The van der Waals surface area contributed by atoms with E-state index in [1.165, 1.54) is 17.3 Å². The van der Waals surface area contributed by atoms with Gasteiger partial charge >= 0.3 is 0 Å². The smallest absolute Gasteiger partial charge is 0.0838 e. The first kappa shape index (κ1) is 13.1. The zero-order valence-corrected chi connectivity index (χ0v) is 11.6. The molecule has 0 fully saturated rings. The van der Waals surface area contributed by atoms with Gasteiger partial charge in [0.25, 0.3) is 0 Å². The van der Waals surface area contributed by atoms with Gasteiger partial charge in [-0.15, -0.1) is 0 Å². The lowest BCUT2D eigenvalue weighted by molar-refractivity contribution is 0.350. The van der Waals surface area contributed by atoms with Crippen LogP contribution in [0.3, 0.4) is 0 Å². The summed E-state index contributed by atoms with van der Waals surface area (Å²) in [5.74, 6) is 0. The van der Waals surface area contributed by atoms with Crippen LogP contribution in [-0.2, 0) is 13.1 Å². The van der Waals surface area contributed by atoms with Gasteiger partial charge in [-0.1, -0.05) is 39.0 Å². The van der Waals surface area contributed by atoms with Gasteiger partial charge in [0.15, 0.2) is 0 Å². The maximum absolute atomic E-state index is 5.75. The van der Waals surface area contributed by atoms with E-state index in [0.29, 0.717) is 12.0 Å². The SMILES string of the molecule is CC(C)(C)CCCn1nc(CN)c2ccccc21. The molecule has 0 aliphatic heterocycles. The molecule has 1 heterocycles. The van der Waals surface area contributed by atoms with Gasteiger partial charge in [0.2, 0.25) is 0 Å². The molecule has 0 unspecified atom stereocenters. The molecule has 2 rings (SSSR count). The van der Waals surface area contributed by atoms with Crippen molar-refractivity contribution >= 4 is 10.9 Å². The Morgan fingerprint density at radius 1 is 1.22 bits per heavy atom. The third-order valence-electron chi connectivity index (χ3n) is 3.22. The molecule has 0 aliphatic rings. The number of para-hydroxylation sites is 1. The van der Waals surface area contributed by atoms with Gasteiger partial charge in [0, 0.05) is 18.5 Å². The summed E-state index contributed by atoms with van der Waals surface area (Å²) in [6.07, 6.45) is 2.36. The standard InChI is InChI=1S/C15H23N3/c1-15(2,3)9-6-10-18-14-8-5-4-7-12(14)13(11-16)17-18/h4-5,7-8H,6,9-11,16H2,1-3H3. The minimum absolute atomic E-state index is 0.389. The van der Waals surface area contributed by atoms with Crippen molar-refractivity contribution in [2.75, 3.05) is 0 Å². The number of hydrogen-bond acceptors (Lipinski definition) is 2. The molecule has 0 aliphatic carbocycles. The molecule has 0 radical (unpaired) electrons. The van der Waals surface area contributed by atoms with E-state index in [1.54, 1.807) is 0 Å². The summed E-state index contributed by atoms with van der Waals surface area (Å²) in [5.41, 5.74) is 8.34. The number of aromatic nitrogens is 2. The summed E-state index contributed by atoms with van der Waals surface area (Å²) in [6.45, 7) is 8.31. The maximum atomic E-state index is 5.75. The average Bonchev–Trinajstić information content (AvgIpc) is 2.66. The Labute approximate surface area is 109 Å². The average molecular weight is 245 g/mol. The predicted octanol–water partition coefficient (Wildman–Crippen LogP) is 3.32. The molecule has 0 amide bonds. The monoisotopic (exact) mass is 245 g/mol. The van der Waals surface area contributed by atoms with Crippen molar-refractivity contribution in [3.05, 3.63) is 30.0 Å². The van der Waals surface area contributed by atoms with Crippen molar-refractivity contribution in [1.82, 2.24) is 9.78 Å². The molecular weight excluding hydrogens is 222 g/mol. The summed E-state index contributed by atoms with van der Waals surface area (Å²) in [6, 6.07) is 8.33. The van der Waals surface area contributed by atoms with E-state index in [0.717, 1.165) is 18.7 Å². The molecule has 0 spiro atoms. The fourth-order valence-electron chi connectivity index (χ4n) is 2.28. The molecule has 2 N–H and O–H groups in total. The van der Waals surface area contributed by atoms with Crippen LogP contribution in [0.2, 0.25) is 0 Å². The Kier molecular flexibility index (Phi) is 3.71. The van der Waals surface area contributed by atoms with Crippen molar-refractivity contribution in [3.8, 4) is 0 Å². The summed E-state index contributed by atoms with van der Waals surface area (Å²) >= 11 is 0. The molecule has 3 heteroatoms. The normalized spacial score (nSPS) is 12.2. The molecular formula is C15H23N3. The van der Waals surface area contributed by atoms with Crippen LogP contribution in [0.25, 0.3) is 10.9 Å². The van der Waals surface area contributed by atoms with Crippen LogP contribution in [-0.4, -0.2) is 9.78 Å². The van der Waals surface area contributed by atoms with Gasteiger partial charge in [-0.25, -0.2) is 0 Å². The highest BCUT2D eigenvalue weighted by molar-refractivity contribution is 5.81. The molecule has 0 atom stereocenters. The molecule has 1 aromatic heterocycles. The summed E-state index contributed by atoms with van der Waals surface area (Å²) < 4.78 is 2.10. The molecule has 2 aromatic rings. The van der Waals surface area contributed by atoms with Gasteiger partial charge in [-0.05, 0) is 24.3 Å². The minimum Gasteiger partial charge on any atom is -0.325 e. The summed E-state index contributed by atoms with van der Waals surface area (Å²) in [7, 11) is 0. The number of benzene rings is 1. The molecule has 0 saturated heterocycles. The van der Waals surface area contributed by atoms with E-state index in [1.807, 2.05) is 6.07 Å². The molecule has 98 valence electrons. The van der Waals surface area contributed by atoms with E-state index in [-0.39, 0.29) is 0 Å². The highest BCUT2D eigenvalue weighted by Crippen LogP contribution is 2.23. The van der Waals surface area contributed by atoms with Crippen molar-refractivity contribution in [3.63, 3.8) is 0 Å². The van der Waals surface area contributed by atoms with Gasteiger partial charge in [0.1, 0.15) is 0 Å². The quantitative estimate of drug-likeness (QED) is 0.898. The van der Waals surface area contributed by atoms with Gasteiger partial charge < -0.3 is 5.73 Å². The Bertz CT molecular complexity index is 520. The number of rotatable bonds is 4. The van der Waals surface area contributed by atoms with Crippen LogP contribution in [0.5, 0.6) is 0 Å². The first-order chi connectivity index (χ1) is 8.51. The van der Waals surface area contributed by atoms with E-state index in [4.69, 9.17) is 5.73 Å². The number of aryl methyl sites for hydroxylation is 1. The second-order valence-electron chi connectivity index (χ2n) is 6.06. The minimum atomic E-state index is 0.389. The zero-order chi connectivity index (χ0) is 13.2. The summed E-state index contributed by atoms with van der Waals surface area (Å²) in [5, 5.41) is 5.81. The van der Waals surface area contributed by atoms with E-state index in [2.05, 4.69) is 48.8 Å². The maximum Gasteiger partial charge on any atom is 0.0838 e. The predicted molar refractivity (Wildman–Crippen MR) is 76.3 cm³/mol. The third kappa shape index (κ3) is 2.91. The van der Waals surface area contributed by atoms with Crippen molar-refractivity contribution in [1.29, 1.82) is 0 Å². The number of nitrogens with two attached hydrogens (primary N) is 1. The second-order valence-corrected chi connectivity index (χ2v) is 6.06. The van der Waals surface area contributed by atoms with E-state index < -0.39 is 0 Å². The van der Waals surface area contributed by atoms with Crippen molar-refractivity contribution in [2.24, 2.45) is 11.1 Å². The molecule has 3 nitrogen and oxygen atoms in total. The van der Waals surface area contributed by atoms with Gasteiger partial charge in [0.05, 0.1) is 11.2 Å². The summed E-state index contributed by atoms with van der Waals surface area (Å²) in [4.78, 5) is 0. The Hall–Kier alpha value is -1.35. The van der Waals surface area contributed by atoms with Gasteiger partial charge in [-0.3, -0.25) is 4.68 Å². The largest absolute Gasteiger partial charge is 0.325 e. The van der Waals surface area contributed by atoms with Crippen LogP contribution in [0, 0.1) is 5.41 Å². The lowest BCUT2D eigenvalue weighted by Crippen LogP contribution is -2.08. The highest BCUT2D eigenvalue weighted by Gasteiger charge is 2.12. The third-order valence-corrected chi connectivity index (χ3v) is 3.22. The van der Waals surface area contributed by atoms with Crippen molar-refractivity contribution < 1.29 is 0 Å². The Balaban J connectivity index is 2.18. The lowest BCUT2D eigenvalue weighted by atomic mass is 9.91. The Morgan fingerprint density at radius 2 is 1.94 bits per heavy atom. The lowest BCUT2D eigenvalue weighted by Gasteiger charge is -2.17. The second kappa shape index (κ2) is 5.11. The molecule has 0 saturated carbocycles. The first-order valence-corrected chi connectivity index (χ1v) is 6.66. The van der Waals surface area contributed by atoms with E-state index in [9.17, 15) is 0 Å². The van der Waals surface area contributed by atoms with Crippen LogP contribution < -0.4 is 5.73 Å².